The molecule has 0 aliphatic heterocycles. The summed E-state index contributed by atoms with van der Waals surface area (Å²) in [6.45, 7) is 6.57. The van der Waals surface area contributed by atoms with Crippen LogP contribution in [0.3, 0.4) is 0 Å². The Balaban J connectivity index is 0. The third kappa shape index (κ3) is 9.36. The van der Waals surface area contributed by atoms with Gasteiger partial charge in [0, 0.05) is 0 Å². The molecule has 0 aromatic heterocycles. The van der Waals surface area contributed by atoms with Gasteiger partial charge < -0.3 is 17.2 Å². The van der Waals surface area contributed by atoms with Gasteiger partial charge in [-0.15, -0.1) is 0 Å². The van der Waals surface area contributed by atoms with E-state index in [9.17, 15) is 0 Å². The monoisotopic (exact) mass is 278 g/mol. The van der Waals surface area contributed by atoms with E-state index in [-0.39, 0.29) is 23.0 Å². The van der Waals surface area contributed by atoms with Crippen molar-refractivity contribution in [1.29, 1.82) is 0 Å². The molecule has 0 spiro atoms. The quantitative estimate of drug-likeness (QED) is 0.500. The Morgan fingerprint density at radius 2 is 1.00 bits per heavy atom. The van der Waals surface area contributed by atoms with Crippen LogP contribution in [0.2, 0.25) is 0 Å². The summed E-state index contributed by atoms with van der Waals surface area (Å²) in [7, 11) is 0. The summed E-state index contributed by atoms with van der Waals surface area (Å²) in [4.78, 5) is 0. The van der Waals surface area contributed by atoms with Crippen LogP contribution in [0.15, 0.2) is 0 Å². The minimum atomic E-state index is 0. The van der Waals surface area contributed by atoms with Crippen molar-refractivity contribution in [2.75, 3.05) is 19.6 Å². The first-order valence-corrected chi connectivity index (χ1v) is 5.64. The summed E-state index contributed by atoms with van der Waals surface area (Å²) in [6, 6.07) is 0. The van der Waals surface area contributed by atoms with Crippen molar-refractivity contribution < 1.29 is 0 Å². The first-order valence-electron chi connectivity index (χ1n) is 5.64. The second-order valence-corrected chi connectivity index (χ2v) is 4.18. The normalized spacial score (nSPS) is 11.2. The minimum absolute atomic E-state index is 0. The van der Waals surface area contributed by atoms with E-state index < -0.39 is 0 Å². The molecule has 0 aliphatic carbocycles. The molecule has 0 saturated heterocycles. The predicted octanol–water partition coefficient (Wildman–Crippen LogP) is -0.428. The topological polar surface area (TPSA) is 78.1 Å². The second-order valence-electron chi connectivity index (χ2n) is 4.18. The van der Waals surface area contributed by atoms with E-state index in [4.69, 9.17) is 17.2 Å². The zero-order valence-corrected chi connectivity index (χ0v) is 9.30. The van der Waals surface area contributed by atoms with Crippen molar-refractivity contribution in [3.63, 3.8) is 0 Å². The summed E-state index contributed by atoms with van der Waals surface area (Å²) < 4.78 is 0. The molecule has 0 bridgehead atoms. The van der Waals surface area contributed by atoms with Crippen LogP contribution in [0.25, 0.3) is 0 Å². The molecule has 0 unspecified atom stereocenters. The van der Waals surface area contributed by atoms with Crippen molar-refractivity contribution >= 4 is 17.6 Å². The fourth-order valence-corrected chi connectivity index (χ4v) is 1.81. The molecule has 15 heavy (non-hydrogen) atoms. The van der Waals surface area contributed by atoms with Gasteiger partial charge in [-0.2, -0.15) is 0 Å². The van der Waals surface area contributed by atoms with Gasteiger partial charge in [0.15, 0.2) is 0 Å². The average molecular weight is 277 g/mol. The molecule has 4 heteroatoms. The van der Waals surface area contributed by atoms with Crippen LogP contribution in [0, 0.1) is 12.3 Å². The SMILES string of the molecule is [CH2]C(CCCN)(CCCN)CCCN.[GeH4]. The van der Waals surface area contributed by atoms with Gasteiger partial charge in [-0.25, -0.2) is 0 Å². The Morgan fingerprint density at radius 1 is 0.733 bits per heavy atom. The first-order chi connectivity index (χ1) is 6.68. The molecule has 0 aromatic rings. The van der Waals surface area contributed by atoms with Crippen molar-refractivity contribution in [2.24, 2.45) is 22.6 Å². The first kappa shape index (κ1) is 17.8. The number of hydrogen-bond acceptors (Lipinski definition) is 3. The van der Waals surface area contributed by atoms with Crippen molar-refractivity contribution in [3.8, 4) is 0 Å². The van der Waals surface area contributed by atoms with Gasteiger partial charge in [-0.05, 0) is 70.5 Å². The fourth-order valence-electron chi connectivity index (χ4n) is 1.81. The number of nitrogens with two attached hydrogens (primary N) is 3. The molecule has 0 amide bonds. The molecule has 0 atom stereocenters. The molecule has 0 aromatic carbocycles. The summed E-state index contributed by atoms with van der Waals surface area (Å²) in [5.74, 6) is 0. The Hall–Kier alpha value is 0.423. The van der Waals surface area contributed by atoms with E-state index in [2.05, 4.69) is 6.92 Å². The van der Waals surface area contributed by atoms with Crippen molar-refractivity contribution in [1.82, 2.24) is 0 Å². The fraction of sp³-hybridized carbons (Fsp3) is 0.909. The van der Waals surface area contributed by atoms with Gasteiger partial charge in [0.2, 0.25) is 0 Å². The maximum atomic E-state index is 5.52. The van der Waals surface area contributed by atoms with Crippen LogP contribution in [-0.4, -0.2) is 37.2 Å². The maximum absolute atomic E-state index is 5.52. The van der Waals surface area contributed by atoms with Gasteiger partial charge in [0.1, 0.15) is 0 Å². The van der Waals surface area contributed by atoms with E-state index in [0.29, 0.717) is 0 Å². The predicted molar refractivity (Wildman–Crippen MR) is 74.0 cm³/mol. The molecule has 6 N–H and O–H groups in total. The summed E-state index contributed by atoms with van der Waals surface area (Å²) >= 11 is 0. The van der Waals surface area contributed by atoms with Crippen LogP contribution in [0.5, 0.6) is 0 Å². The third-order valence-corrected chi connectivity index (χ3v) is 2.73. The van der Waals surface area contributed by atoms with Crippen LogP contribution in [0.4, 0.5) is 0 Å². The van der Waals surface area contributed by atoms with E-state index in [0.717, 1.165) is 58.2 Å². The Morgan fingerprint density at radius 3 is 1.20 bits per heavy atom. The summed E-state index contributed by atoms with van der Waals surface area (Å²) in [5, 5.41) is 0. The summed E-state index contributed by atoms with van der Waals surface area (Å²) in [5.41, 5.74) is 16.7. The molecule has 3 nitrogen and oxygen atoms in total. The molecule has 1 radical (unpaired) electrons. The second kappa shape index (κ2) is 10.9. The van der Waals surface area contributed by atoms with Crippen LogP contribution >= 0.6 is 0 Å². The van der Waals surface area contributed by atoms with Gasteiger partial charge >= 0.3 is 17.6 Å². The van der Waals surface area contributed by atoms with Crippen LogP contribution in [-0.2, 0) is 0 Å². The molecule has 93 valence electrons. The van der Waals surface area contributed by atoms with E-state index in [1.807, 2.05) is 0 Å². The Bertz CT molecular complexity index is 109. The van der Waals surface area contributed by atoms with Crippen LogP contribution in [0.1, 0.15) is 38.5 Å². The van der Waals surface area contributed by atoms with Gasteiger partial charge in [-0.3, -0.25) is 0 Å². The molecule has 0 fully saturated rings. The van der Waals surface area contributed by atoms with Gasteiger partial charge in [0.05, 0.1) is 0 Å². The molecular formula is C11H30GeN3. The average Bonchev–Trinajstić information content (AvgIpc) is 2.21. The zero-order valence-electron chi connectivity index (χ0n) is 9.30. The van der Waals surface area contributed by atoms with E-state index >= 15 is 0 Å². The molecule has 0 saturated carbocycles. The van der Waals surface area contributed by atoms with Crippen molar-refractivity contribution in [2.45, 2.75) is 38.5 Å². The molecule has 0 aliphatic rings. The Labute approximate surface area is 106 Å². The van der Waals surface area contributed by atoms with E-state index in [1.165, 1.54) is 0 Å². The molecular weight excluding hydrogens is 247 g/mol. The number of rotatable bonds is 9. The zero-order chi connectivity index (χ0) is 10.9. The van der Waals surface area contributed by atoms with Gasteiger partial charge in [-0.1, -0.05) is 0 Å². The van der Waals surface area contributed by atoms with Crippen molar-refractivity contribution in [3.05, 3.63) is 6.92 Å². The summed E-state index contributed by atoms with van der Waals surface area (Å²) in [6.07, 6.45) is 6.46. The molecule has 0 rings (SSSR count). The van der Waals surface area contributed by atoms with E-state index in [1.54, 1.807) is 0 Å². The molecule has 0 heterocycles. The third-order valence-electron chi connectivity index (χ3n) is 2.73. The number of hydrogen-bond donors (Lipinski definition) is 3. The Kier molecular flexibility index (Phi) is 13.0. The van der Waals surface area contributed by atoms with Crippen LogP contribution < -0.4 is 17.2 Å². The standard InChI is InChI=1S/C11H26N3.GeH4/c1-11(5-2-8-12,6-3-9-13)7-4-10-14;/h1-10,12-14H2;1H4. The van der Waals surface area contributed by atoms with Gasteiger partial charge in [0.25, 0.3) is 0 Å².